The van der Waals surface area contributed by atoms with Gasteiger partial charge < -0.3 is 5.32 Å². The standard InChI is InChI=1S/C17H21N3O3S3/c1-11-6-7-12-14(10-11)25-17(18-12)19-16(21)13-4-2-8-20(13)26(22,23)15-5-3-9-24-15/h3,5,9,11,13H,2,4,6-8,10H2,1H3,(H,18,19,21)/t11-,13+/m1/s1. The number of nitrogens with zero attached hydrogens (tertiary/aromatic N) is 2. The number of aryl methyl sites for hydroxylation is 1. The van der Waals surface area contributed by atoms with Crippen molar-refractivity contribution in [2.75, 3.05) is 11.9 Å². The van der Waals surface area contributed by atoms with Gasteiger partial charge in [-0.2, -0.15) is 4.31 Å². The van der Waals surface area contributed by atoms with Crippen LogP contribution in [0.2, 0.25) is 0 Å². The molecule has 6 nitrogen and oxygen atoms in total. The van der Waals surface area contributed by atoms with Crippen molar-refractivity contribution >= 4 is 43.7 Å². The summed E-state index contributed by atoms with van der Waals surface area (Å²) in [5.41, 5.74) is 1.08. The molecule has 0 radical (unpaired) electrons. The fourth-order valence-corrected chi connectivity index (χ4v) is 7.55. The van der Waals surface area contributed by atoms with Gasteiger partial charge in [0.1, 0.15) is 10.3 Å². The van der Waals surface area contributed by atoms with Crippen molar-refractivity contribution < 1.29 is 13.2 Å². The average molecular weight is 412 g/mol. The van der Waals surface area contributed by atoms with Crippen molar-refractivity contribution in [2.45, 2.75) is 49.3 Å². The highest BCUT2D eigenvalue weighted by molar-refractivity contribution is 7.91. The second-order valence-electron chi connectivity index (χ2n) is 6.93. The van der Waals surface area contributed by atoms with E-state index in [9.17, 15) is 13.2 Å². The molecule has 1 N–H and O–H groups in total. The molecule has 2 aromatic rings. The molecule has 1 fully saturated rings. The maximum atomic E-state index is 12.8. The molecule has 140 valence electrons. The lowest BCUT2D eigenvalue weighted by molar-refractivity contribution is -0.119. The molecular weight excluding hydrogens is 390 g/mol. The lowest BCUT2D eigenvalue weighted by Gasteiger charge is -2.22. The fourth-order valence-electron chi connectivity index (χ4n) is 3.60. The summed E-state index contributed by atoms with van der Waals surface area (Å²) in [6.45, 7) is 2.61. The Morgan fingerprint density at radius 2 is 2.23 bits per heavy atom. The molecular formula is C17H21N3O3S3. The topological polar surface area (TPSA) is 79.4 Å². The third-order valence-electron chi connectivity index (χ3n) is 4.98. The Kier molecular flexibility index (Phi) is 4.89. The number of fused-ring (bicyclic) bond motifs is 1. The Morgan fingerprint density at radius 3 is 3.00 bits per heavy atom. The number of aromatic nitrogens is 1. The van der Waals surface area contributed by atoms with Crippen molar-refractivity contribution in [3.05, 3.63) is 28.1 Å². The second kappa shape index (κ2) is 7.03. The van der Waals surface area contributed by atoms with Gasteiger partial charge in [-0.3, -0.25) is 4.79 Å². The van der Waals surface area contributed by atoms with E-state index in [1.807, 2.05) is 0 Å². The smallest absolute Gasteiger partial charge is 0.253 e. The van der Waals surface area contributed by atoms with Gasteiger partial charge in [0.2, 0.25) is 5.91 Å². The van der Waals surface area contributed by atoms with E-state index in [0.717, 1.165) is 25.0 Å². The van der Waals surface area contributed by atoms with Crippen LogP contribution in [0.4, 0.5) is 5.13 Å². The molecule has 0 bridgehead atoms. The van der Waals surface area contributed by atoms with Crippen molar-refractivity contribution in [3.63, 3.8) is 0 Å². The van der Waals surface area contributed by atoms with Crippen LogP contribution in [-0.2, 0) is 27.7 Å². The van der Waals surface area contributed by atoms with Crippen LogP contribution >= 0.6 is 22.7 Å². The lowest BCUT2D eigenvalue weighted by Crippen LogP contribution is -2.42. The summed E-state index contributed by atoms with van der Waals surface area (Å²) in [5.74, 6) is 0.370. The molecule has 4 rings (SSSR count). The van der Waals surface area contributed by atoms with Crippen LogP contribution in [0.5, 0.6) is 0 Å². The molecule has 9 heteroatoms. The number of carbonyl (C=O) groups is 1. The van der Waals surface area contributed by atoms with E-state index in [0.29, 0.717) is 30.4 Å². The van der Waals surface area contributed by atoms with E-state index in [-0.39, 0.29) is 10.1 Å². The van der Waals surface area contributed by atoms with Gasteiger partial charge in [0.15, 0.2) is 5.13 Å². The maximum absolute atomic E-state index is 12.8. The molecule has 1 aliphatic carbocycles. The quantitative estimate of drug-likeness (QED) is 0.838. The minimum absolute atomic E-state index is 0.276. The summed E-state index contributed by atoms with van der Waals surface area (Å²) in [6, 6.07) is 2.63. The van der Waals surface area contributed by atoms with Crippen molar-refractivity contribution in [1.29, 1.82) is 0 Å². The van der Waals surface area contributed by atoms with Gasteiger partial charge in [-0.15, -0.1) is 22.7 Å². The Morgan fingerprint density at radius 1 is 1.38 bits per heavy atom. The van der Waals surface area contributed by atoms with Crippen molar-refractivity contribution in [2.24, 2.45) is 5.92 Å². The Hall–Kier alpha value is -1.29. The zero-order chi connectivity index (χ0) is 18.3. The Bertz CT molecular complexity index is 905. The lowest BCUT2D eigenvalue weighted by atomic mass is 9.93. The van der Waals surface area contributed by atoms with Gasteiger partial charge in [-0.05, 0) is 49.5 Å². The summed E-state index contributed by atoms with van der Waals surface area (Å²) in [7, 11) is -3.62. The highest BCUT2D eigenvalue weighted by Crippen LogP contribution is 2.33. The number of hydrogen-bond acceptors (Lipinski definition) is 6. The molecule has 1 aliphatic heterocycles. The van der Waals surface area contributed by atoms with Crippen molar-refractivity contribution in [3.8, 4) is 0 Å². The van der Waals surface area contributed by atoms with Gasteiger partial charge >= 0.3 is 0 Å². The van der Waals surface area contributed by atoms with E-state index in [1.54, 1.807) is 17.5 Å². The molecule has 1 saturated heterocycles. The molecule has 0 unspecified atom stereocenters. The van der Waals surface area contributed by atoms with Crippen molar-refractivity contribution in [1.82, 2.24) is 9.29 Å². The summed E-state index contributed by atoms with van der Waals surface area (Å²) < 4.78 is 27.2. The van der Waals surface area contributed by atoms with Crippen LogP contribution in [0.25, 0.3) is 0 Å². The van der Waals surface area contributed by atoms with Gasteiger partial charge in [-0.1, -0.05) is 13.0 Å². The molecule has 2 aliphatic rings. The van der Waals surface area contributed by atoms with Gasteiger partial charge in [0, 0.05) is 11.4 Å². The molecule has 1 amide bonds. The number of carbonyl (C=O) groups excluding carboxylic acids is 1. The summed E-state index contributed by atoms with van der Waals surface area (Å²) in [6.07, 6.45) is 4.31. The molecule has 26 heavy (non-hydrogen) atoms. The SMILES string of the molecule is C[C@@H]1CCc2nc(NC(=O)[C@@H]3CCCN3S(=O)(=O)c3cccs3)sc2C1. The van der Waals surface area contributed by atoms with Crippen LogP contribution in [0.15, 0.2) is 21.7 Å². The van der Waals surface area contributed by atoms with Crippen LogP contribution in [0.1, 0.15) is 36.8 Å². The second-order valence-corrected chi connectivity index (χ2v) is 11.1. The largest absolute Gasteiger partial charge is 0.301 e. The first-order valence-electron chi connectivity index (χ1n) is 8.80. The number of amides is 1. The normalized spacial score (nSPS) is 23.7. The number of rotatable bonds is 4. The summed E-state index contributed by atoms with van der Waals surface area (Å²) >= 11 is 2.70. The number of anilines is 1. The van der Waals surface area contributed by atoms with E-state index in [2.05, 4.69) is 17.2 Å². The summed E-state index contributed by atoms with van der Waals surface area (Å²) in [4.78, 5) is 18.6. The first kappa shape index (κ1) is 18.1. The number of hydrogen-bond donors (Lipinski definition) is 1. The first-order chi connectivity index (χ1) is 12.4. The molecule has 2 aromatic heterocycles. The molecule has 0 spiro atoms. The Labute approximate surface area is 161 Å². The molecule has 0 saturated carbocycles. The van der Waals surface area contributed by atoms with E-state index >= 15 is 0 Å². The summed E-state index contributed by atoms with van der Waals surface area (Å²) in [5, 5.41) is 5.20. The van der Waals surface area contributed by atoms with Gasteiger partial charge in [0.05, 0.1) is 5.69 Å². The highest BCUT2D eigenvalue weighted by Gasteiger charge is 2.40. The van der Waals surface area contributed by atoms with E-state index < -0.39 is 16.1 Å². The monoisotopic (exact) mass is 411 g/mol. The first-order valence-corrected chi connectivity index (χ1v) is 11.9. The predicted molar refractivity (Wildman–Crippen MR) is 103 cm³/mol. The van der Waals surface area contributed by atoms with Crippen LogP contribution < -0.4 is 5.32 Å². The average Bonchev–Trinajstić information content (AvgIpc) is 3.34. The highest BCUT2D eigenvalue weighted by atomic mass is 32.2. The third kappa shape index (κ3) is 3.33. The van der Waals surface area contributed by atoms with Crippen LogP contribution in [0.3, 0.4) is 0 Å². The van der Waals surface area contributed by atoms with E-state index in [1.165, 1.54) is 31.9 Å². The minimum Gasteiger partial charge on any atom is -0.301 e. The number of thiophene rings is 1. The Balaban J connectivity index is 1.51. The fraction of sp³-hybridized carbons (Fsp3) is 0.529. The van der Waals surface area contributed by atoms with Gasteiger partial charge in [0.25, 0.3) is 10.0 Å². The molecule has 3 heterocycles. The number of thiazole rings is 1. The predicted octanol–water partition coefficient (Wildman–Crippen LogP) is 3.12. The van der Waals surface area contributed by atoms with Gasteiger partial charge in [-0.25, -0.2) is 13.4 Å². The zero-order valence-electron chi connectivity index (χ0n) is 14.5. The number of nitrogens with one attached hydrogen (secondary N) is 1. The maximum Gasteiger partial charge on any atom is 0.253 e. The third-order valence-corrected chi connectivity index (χ3v) is 9.30. The van der Waals surface area contributed by atoms with Crippen LogP contribution in [-0.4, -0.2) is 36.2 Å². The zero-order valence-corrected chi connectivity index (χ0v) is 16.9. The van der Waals surface area contributed by atoms with E-state index in [4.69, 9.17) is 0 Å². The minimum atomic E-state index is -3.62. The molecule has 0 aromatic carbocycles. The van der Waals surface area contributed by atoms with Crippen LogP contribution in [0, 0.1) is 5.92 Å². The molecule has 2 atom stereocenters. The number of sulfonamides is 1.